The molecule has 4 rings (SSSR count). The maximum atomic E-state index is 13.9. The molecule has 1 amide bonds. The largest absolute Gasteiger partial charge is 0.320 e. The highest BCUT2D eigenvalue weighted by Crippen LogP contribution is 2.40. The van der Waals surface area contributed by atoms with Gasteiger partial charge in [0, 0.05) is 15.5 Å². The van der Waals surface area contributed by atoms with Crippen LogP contribution in [0.15, 0.2) is 75.4 Å². The average Bonchev–Trinajstić information content (AvgIpc) is 2.73. The van der Waals surface area contributed by atoms with Crippen molar-refractivity contribution in [3.05, 3.63) is 93.4 Å². The fourth-order valence-electron chi connectivity index (χ4n) is 2.98. The topological polar surface area (TPSA) is 63.2 Å². The predicted octanol–water partition coefficient (Wildman–Crippen LogP) is 5.68. The summed E-state index contributed by atoms with van der Waals surface area (Å²) in [6.45, 7) is 0. The summed E-state index contributed by atoms with van der Waals surface area (Å²) in [5, 5.41) is 3.28. The maximum Gasteiger partial charge on any atom is 0.262 e. The van der Waals surface area contributed by atoms with Gasteiger partial charge < -0.3 is 5.32 Å². The number of amides is 1. The van der Waals surface area contributed by atoms with Gasteiger partial charge in [0.2, 0.25) is 0 Å². The van der Waals surface area contributed by atoms with Crippen LogP contribution in [0.25, 0.3) is 6.08 Å². The third-order valence-corrected chi connectivity index (χ3v) is 7.54. The standard InChI is InChI=1S/C22H14ClF2NO3S2/c23-14-6-4-13(5-7-14)10-21-22(27)26-19-9-8-15(11-20(19)30-21)31(28,29)12-16-17(24)2-1-3-18(16)25/h1-11H,12H2,(H,26,27). The molecule has 0 saturated carbocycles. The number of hydrogen-bond donors (Lipinski definition) is 1. The monoisotopic (exact) mass is 477 g/mol. The summed E-state index contributed by atoms with van der Waals surface area (Å²) in [4.78, 5) is 13.2. The molecule has 0 atom stereocenters. The summed E-state index contributed by atoms with van der Waals surface area (Å²) in [5.41, 5.74) is 0.702. The molecule has 0 spiro atoms. The predicted molar refractivity (Wildman–Crippen MR) is 118 cm³/mol. The highest BCUT2D eigenvalue weighted by molar-refractivity contribution is 8.04. The summed E-state index contributed by atoms with van der Waals surface area (Å²) in [7, 11) is -4.03. The lowest BCUT2D eigenvalue weighted by Gasteiger charge is -2.19. The van der Waals surface area contributed by atoms with E-state index < -0.39 is 32.8 Å². The Kier molecular flexibility index (Phi) is 5.88. The highest BCUT2D eigenvalue weighted by atomic mass is 35.5. The molecule has 1 heterocycles. The number of fused-ring (bicyclic) bond motifs is 1. The zero-order valence-corrected chi connectivity index (χ0v) is 18.1. The van der Waals surface area contributed by atoms with Crippen LogP contribution in [0.3, 0.4) is 0 Å². The minimum atomic E-state index is -4.03. The first-order chi connectivity index (χ1) is 14.7. The SMILES string of the molecule is O=C1Nc2ccc(S(=O)(=O)Cc3c(F)cccc3F)cc2SC1=Cc1ccc(Cl)cc1. The molecule has 0 unspecified atom stereocenters. The Bertz CT molecular complexity index is 1300. The van der Waals surface area contributed by atoms with Crippen molar-refractivity contribution >= 4 is 50.9 Å². The summed E-state index contributed by atoms with van der Waals surface area (Å²) in [6, 6.07) is 14.3. The van der Waals surface area contributed by atoms with E-state index in [9.17, 15) is 22.0 Å². The van der Waals surface area contributed by atoms with Crippen molar-refractivity contribution in [3.8, 4) is 0 Å². The summed E-state index contributed by atoms with van der Waals surface area (Å²) >= 11 is 6.99. The quantitative estimate of drug-likeness (QED) is 0.491. The van der Waals surface area contributed by atoms with Gasteiger partial charge in [0.1, 0.15) is 11.6 Å². The molecule has 3 aromatic carbocycles. The first kappa shape index (κ1) is 21.5. The van der Waals surface area contributed by atoms with Crippen LogP contribution >= 0.6 is 23.4 Å². The number of benzene rings is 3. The molecule has 3 aromatic rings. The number of hydrogen-bond acceptors (Lipinski definition) is 4. The second-order valence-electron chi connectivity index (χ2n) is 6.73. The van der Waals surface area contributed by atoms with Crippen LogP contribution in [-0.2, 0) is 20.4 Å². The zero-order valence-electron chi connectivity index (χ0n) is 15.7. The van der Waals surface area contributed by atoms with Crippen LogP contribution in [0, 0.1) is 11.6 Å². The zero-order chi connectivity index (χ0) is 22.2. The second kappa shape index (κ2) is 8.45. The summed E-state index contributed by atoms with van der Waals surface area (Å²) < 4.78 is 53.5. The smallest absolute Gasteiger partial charge is 0.262 e. The van der Waals surface area contributed by atoms with Gasteiger partial charge in [-0.15, -0.1) is 0 Å². The molecule has 0 saturated heterocycles. The van der Waals surface area contributed by atoms with Crippen molar-refractivity contribution in [3.63, 3.8) is 0 Å². The molecule has 1 aliphatic heterocycles. The first-order valence-electron chi connectivity index (χ1n) is 8.99. The molecule has 31 heavy (non-hydrogen) atoms. The van der Waals surface area contributed by atoms with E-state index in [1.807, 2.05) is 0 Å². The molecule has 9 heteroatoms. The van der Waals surface area contributed by atoms with Crippen molar-refractivity contribution in [2.24, 2.45) is 0 Å². The van der Waals surface area contributed by atoms with Crippen LogP contribution in [0.1, 0.15) is 11.1 Å². The molecule has 1 aliphatic rings. The molecule has 0 aromatic heterocycles. The van der Waals surface area contributed by atoms with Crippen molar-refractivity contribution in [2.75, 3.05) is 5.32 Å². The van der Waals surface area contributed by atoms with E-state index in [2.05, 4.69) is 5.32 Å². The third kappa shape index (κ3) is 4.66. The van der Waals surface area contributed by atoms with Gasteiger partial charge in [0.25, 0.3) is 5.91 Å². The van der Waals surface area contributed by atoms with Gasteiger partial charge >= 0.3 is 0 Å². The van der Waals surface area contributed by atoms with E-state index in [1.54, 1.807) is 30.3 Å². The normalized spacial score (nSPS) is 14.9. The molecule has 1 N–H and O–H groups in total. The number of halogens is 3. The van der Waals surface area contributed by atoms with Gasteiger partial charge in [-0.2, -0.15) is 0 Å². The van der Waals surface area contributed by atoms with Gasteiger partial charge in [0.05, 0.1) is 21.2 Å². The molecule has 0 fully saturated rings. The number of rotatable bonds is 4. The summed E-state index contributed by atoms with van der Waals surface area (Å²) in [6.07, 6.45) is 1.66. The Hall–Kier alpha value is -2.68. The molecule has 4 nitrogen and oxygen atoms in total. The van der Waals surface area contributed by atoms with Crippen LogP contribution in [0.2, 0.25) is 5.02 Å². The third-order valence-electron chi connectivity index (χ3n) is 4.57. The number of anilines is 1. The number of carbonyl (C=O) groups excluding carboxylic acids is 1. The number of carbonyl (C=O) groups is 1. The summed E-state index contributed by atoms with van der Waals surface area (Å²) in [5.74, 6) is -2.97. The minimum Gasteiger partial charge on any atom is -0.320 e. The van der Waals surface area contributed by atoms with Gasteiger partial charge in [0.15, 0.2) is 9.84 Å². The van der Waals surface area contributed by atoms with Crippen molar-refractivity contribution < 1.29 is 22.0 Å². The lowest BCUT2D eigenvalue weighted by atomic mass is 10.2. The van der Waals surface area contributed by atoms with Gasteiger partial charge in [-0.05, 0) is 54.1 Å². The fraction of sp³-hybridized carbons (Fsp3) is 0.0455. The van der Waals surface area contributed by atoms with Gasteiger partial charge in [-0.3, -0.25) is 4.79 Å². The maximum absolute atomic E-state index is 13.9. The van der Waals surface area contributed by atoms with Crippen molar-refractivity contribution in [1.82, 2.24) is 0 Å². The Morgan fingerprint density at radius 1 is 1.00 bits per heavy atom. The van der Waals surface area contributed by atoms with E-state index in [-0.39, 0.29) is 10.8 Å². The minimum absolute atomic E-state index is 0.0941. The van der Waals surface area contributed by atoms with E-state index >= 15 is 0 Å². The lowest BCUT2D eigenvalue weighted by molar-refractivity contribution is -0.112. The van der Waals surface area contributed by atoms with Crippen molar-refractivity contribution in [2.45, 2.75) is 15.5 Å². The van der Waals surface area contributed by atoms with Crippen LogP contribution in [0.5, 0.6) is 0 Å². The van der Waals surface area contributed by atoms with E-state index in [0.29, 0.717) is 20.5 Å². The number of sulfone groups is 1. The molecule has 0 bridgehead atoms. The first-order valence-corrected chi connectivity index (χ1v) is 11.8. The molecular weight excluding hydrogens is 464 g/mol. The lowest BCUT2D eigenvalue weighted by Crippen LogP contribution is -2.18. The molecular formula is C22H14ClF2NO3S2. The number of thioether (sulfide) groups is 1. The Morgan fingerprint density at radius 3 is 2.35 bits per heavy atom. The average molecular weight is 478 g/mol. The van der Waals surface area contributed by atoms with Gasteiger partial charge in [-0.25, -0.2) is 17.2 Å². The fourth-order valence-corrected chi connectivity index (χ4v) is 5.57. The van der Waals surface area contributed by atoms with E-state index in [4.69, 9.17) is 11.6 Å². The van der Waals surface area contributed by atoms with Crippen LogP contribution in [0.4, 0.5) is 14.5 Å². The Balaban J connectivity index is 1.65. The second-order valence-corrected chi connectivity index (χ2v) is 10.2. The Labute approximate surface area is 186 Å². The van der Waals surface area contributed by atoms with Crippen LogP contribution < -0.4 is 5.32 Å². The molecule has 158 valence electrons. The highest BCUT2D eigenvalue weighted by Gasteiger charge is 2.25. The molecule has 0 radical (unpaired) electrons. The van der Waals surface area contributed by atoms with Crippen LogP contribution in [-0.4, -0.2) is 14.3 Å². The molecule has 0 aliphatic carbocycles. The van der Waals surface area contributed by atoms with Gasteiger partial charge in [-0.1, -0.05) is 41.6 Å². The number of nitrogens with one attached hydrogen (secondary N) is 1. The van der Waals surface area contributed by atoms with E-state index in [1.165, 1.54) is 24.3 Å². The van der Waals surface area contributed by atoms with E-state index in [0.717, 1.165) is 29.5 Å². The van der Waals surface area contributed by atoms with Crippen molar-refractivity contribution in [1.29, 1.82) is 0 Å². The Morgan fingerprint density at radius 2 is 1.68 bits per heavy atom.